The molecule has 0 aliphatic rings. The van der Waals surface area contributed by atoms with Gasteiger partial charge in [-0.25, -0.2) is 4.98 Å². The summed E-state index contributed by atoms with van der Waals surface area (Å²) < 4.78 is 5.04. The fourth-order valence-electron chi connectivity index (χ4n) is 1.44. The van der Waals surface area contributed by atoms with Gasteiger partial charge in [0.2, 0.25) is 5.82 Å². The van der Waals surface area contributed by atoms with E-state index in [0.717, 1.165) is 0 Å². The molecule has 3 aromatic rings. The van der Waals surface area contributed by atoms with Gasteiger partial charge in [-0.05, 0) is 12.1 Å². The van der Waals surface area contributed by atoms with Crippen molar-refractivity contribution in [2.45, 2.75) is 0 Å². The fourth-order valence-corrected chi connectivity index (χ4v) is 1.44. The van der Waals surface area contributed by atoms with Gasteiger partial charge in [-0.2, -0.15) is 4.98 Å². The van der Waals surface area contributed by atoms with Gasteiger partial charge in [0.1, 0.15) is 11.3 Å². The first-order valence-electron chi connectivity index (χ1n) is 5.13. The lowest BCUT2D eigenvalue weighted by atomic mass is 10.3. The number of H-pyrrole nitrogens is 1. The molecular weight excluding hydrogens is 234 g/mol. The van der Waals surface area contributed by atoms with Crippen molar-refractivity contribution in [3.63, 3.8) is 0 Å². The van der Waals surface area contributed by atoms with Crippen molar-refractivity contribution in [1.82, 2.24) is 25.1 Å². The van der Waals surface area contributed by atoms with E-state index in [1.807, 2.05) is 0 Å². The van der Waals surface area contributed by atoms with Crippen LogP contribution in [0.15, 0.2) is 46.2 Å². The molecular formula is C11H7N5O2. The largest absolute Gasteiger partial charge is 0.333 e. The first-order valence-corrected chi connectivity index (χ1v) is 5.13. The minimum absolute atomic E-state index is 0.150. The summed E-state index contributed by atoms with van der Waals surface area (Å²) in [6.45, 7) is 0. The molecule has 1 N–H and O–H groups in total. The number of hydrogen-bond acceptors (Lipinski definition) is 6. The third-order valence-corrected chi connectivity index (χ3v) is 2.27. The SMILES string of the molecule is O=c1[nH]cccc1-c1nc(-c2cnccn2)no1. The molecule has 0 atom stereocenters. The summed E-state index contributed by atoms with van der Waals surface area (Å²) in [7, 11) is 0. The highest BCUT2D eigenvalue weighted by atomic mass is 16.5. The Morgan fingerprint density at radius 1 is 1.28 bits per heavy atom. The lowest BCUT2D eigenvalue weighted by Crippen LogP contribution is -2.06. The highest BCUT2D eigenvalue weighted by Crippen LogP contribution is 2.16. The van der Waals surface area contributed by atoms with Crippen LogP contribution in [0.25, 0.3) is 23.0 Å². The molecule has 0 spiro atoms. The topological polar surface area (TPSA) is 97.6 Å². The zero-order chi connectivity index (χ0) is 12.4. The van der Waals surface area contributed by atoms with Gasteiger partial charge in [-0.15, -0.1) is 0 Å². The normalized spacial score (nSPS) is 10.4. The molecule has 0 aromatic carbocycles. The molecule has 88 valence electrons. The Kier molecular flexibility index (Phi) is 2.41. The second-order valence-electron chi connectivity index (χ2n) is 3.43. The summed E-state index contributed by atoms with van der Waals surface area (Å²) in [5.74, 6) is 0.443. The molecule has 7 heteroatoms. The molecule has 7 nitrogen and oxygen atoms in total. The molecule has 0 saturated carbocycles. The van der Waals surface area contributed by atoms with E-state index in [9.17, 15) is 4.79 Å². The van der Waals surface area contributed by atoms with Crippen LogP contribution in [-0.4, -0.2) is 25.1 Å². The average Bonchev–Trinajstić information content (AvgIpc) is 2.90. The summed E-state index contributed by atoms with van der Waals surface area (Å²) >= 11 is 0. The predicted molar refractivity (Wildman–Crippen MR) is 61.4 cm³/mol. The standard InChI is InChI=1S/C11H7N5O2/c17-10-7(2-1-3-14-10)11-15-9(16-18-11)8-6-12-4-5-13-8/h1-6H,(H,14,17). The number of nitrogens with zero attached hydrogens (tertiary/aromatic N) is 4. The maximum atomic E-state index is 11.6. The van der Waals surface area contributed by atoms with Gasteiger partial charge < -0.3 is 9.51 Å². The molecule has 0 aliphatic heterocycles. The monoisotopic (exact) mass is 241 g/mol. The number of nitrogens with one attached hydrogen (secondary N) is 1. The molecule has 0 bridgehead atoms. The van der Waals surface area contributed by atoms with Crippen LogP contribution < -0.4 is 5.56 Å². The fraction of sp³-hybridized carbons (Fsp3) is 0. The summed E-state index contributed by atoms with van der Waals surface area (Å²) in [4.78, 5) is 26.2. The second kappa shape index (κ2) is 4.21. The van der Waals surface area contributed by atoms with Crippen LogP contribution in [0.5, 0.6) is 0 Å². The highest BCUT2D eigenvalue weighted by Gasteiger charge is 2.13. The molecule has 0 saturated heterocycles. The van der Waals surface area contributed by atoms with E-state index in [1.165, 1.54) is 18.6 Å². The van der Waals surface area contributed by atoms with Crippen LogP contribution in [0, 0.1) is 0 Å². The average molecular weight is 241 g/mol. The molecule has 3 heterocycles. The van der Waals surface area contributed by atoms with Crippen molar-refractivity contribution in [2.24, 2.45) is 0 Å². The van der Waals surface area contributed by atoms with Crippen molar-refractivity contribution < 1.29 is 4.52 Å². The number of hydrogen-bond donors (Lipinski definition) is 1. The van der Waals surface area contributed by atoms with Gasteiger partial charge >= 0.3 is 0 Å². The number of rotatable bonds is 2. The molecule has 3 aromatic heterocycles. The van der Waals surface area contributed by atoms with Crippen LogP contribution in [0.2, 0.25) is 0 Å². The maximum Gasteiger partial charge on any atom is 0.263 e. The summed E-state index contributed by atoms with van der Waals surface area (Å²) in [6.07, 6.45) is 6.13. The summed E-state index contributed by atoms with van der Waals surface area (Å²) in [5.41, 5.74) is 0.520. The van der Waals surface area contributed by atoms with E-state index in [2.05, 4.69) is 25.1 Å². The number of aromatic amines is 1. The third-order valence-electron chi connectivity index (χ3n) is 2.27. The van der Waals surface area contributed by atoms with Gasteiger partial charge in [0.05, 0.1) is 6.20 Å². The third kappa shape index (κ3) is 1.77. The van der Waals surface area contributed by atoms with E-state index < -0.39 is 0 Å². The number of pyridine rings is 1. The summed E-state index contributed by atoms with van der Waals surface area (Å²) in [6, 6.07) is 3.29. The zero-order valence-corrected chi connectivity index (χ0v) is 9.07. The summed E-state index contributed by atoms with van der Waals surface area (Å²) in [5, 5.41) is 3.76. The van der Waals surface area contributed by atoms with Gasteiger partial charge in [-0.3, -0.25) is 9.78 Å². The van der Waals surface area contributed by atoms with Crippen molar-refractivity contribution in [3.05, 3.63) is 47.3 Å². The number of aromatic nitrogens is 5. The van der Waals surface area contributed by atoms with Crippen LogP contribution >= 0.6 is 0 Å². The van der Waals surface area contributed by atoms with Gasteiger partial charge in [0, 0.05) is 18.6 Å². The zero-order valence-electron chi connectivity index (χ0n) is 9.07. The van der Waals surface area contributed by atoms with Crippen LogP contribution in [-0.2, 0) is 0 Å². The minimum atomic E-state index is -0.285. The quantitative estimate of drug-likeness (QED) is 0.715. The van der Waals surface area contributed by atoms with Crippen LogP contribution in [0.3, 0.4) is 0 Å². The molecule has 0 unspecified atom stereocenters. The van der Waals surface area contributed by atoms with E-state index in [-0.39, 0.29) is 11.4 Å². The van der Waals surface area contributed by atoms with Crippen molar-refractivity contribution in [2.75, 3.05) is 0 Å². The molecule has 0 radical (unpaired) electrons. The second-order valence-corrected chi connectivity index (χ2v) is 3.43. The van der Waals surface area contributed by atoms with E-state index in [0.29, 0.717) is 17.1 Å². The molecule has 0 aliphatic carbocycles. The first-order chi connectivity index (χ1) is 8.84. The minimum Gasteiger partial charge on any atom is -0.333 e. The van der Waals surface area contributed by atoms with Crippen molar-refractivity contribution in [1.29, 1.82) is 0 Å². The maximum absolute atomic E-state index is 11.6. The van der Waals surface area contributed by atoms with Gasteiger partial charge in [0.25, 0.3) is 11.4 Å². The van der Waals surface area contributed by atoms with E-state index in [4.69, 9.17) is 4.52 Å². The van der Waals surface area contributed by atoms with Gasteiger partial charge in [0.15, 0.2) is 0 Å². The Morgan fingerprint density at radius 2 is 2.22 bits per heavy atom. The van der Waals surface area contributed by atoms with E-state index >= 15 is 0 Å². The predicted octanol–water partition coefficient (Wildman–Crippen LogP) is 0.882. The lowest BCUT2D eigenvalue weighted by molar-refractivity contribution is 0.431. The van der Waals surface area contributed by atoms with Gasteiger partial charge in [-0.1, -0.05) is 5.16 Å². The molecule has 18 heavy (non-hydrogen) atoms. The first kappa shape index (κ1) is 10.3. The Bertz CT molecular complexity index is 719. The molecule has 3 rings (SSSR count). The molecule has 0 amide bonds. The smallest absolute Gasteiger partial charge is 0.263 e. The lowest BCUT2D eigenvalue weighted by Gasteiger charge is -1.90. The molecule has 0 fully saturated rings. The Morgan fingerprint density at radius 3 is 3.00 bits per heavy atom. The van der Waals surface area contributed by atoms with Crippen LogP contribution in [0.4, 0.5) is 0 Å². The Labute approximate surface area is 101 Å². The Hall–Kier alpha value is -2.83. The van der Waals surface area contributed by atoms with Crippen molar-refractivity contribution >= 4 is 0 Å². The van der Waals surface area contributed by atoms with Crippen LogP contribution in [0.1, 0.15) is 0 Å². The Balaban J connectivity index is 2.06. The highest BCUT2D eigenvalue weighted by molar-refractivity contribution is 5.55. The van der Waals surface area contributed by atoms with Crippen molar-refractivity contribution in [3.8, 4) is 23.0 Å². The van der Waals surface area contributed by atoms with E-state index in [1.54, 1.807) is 18.3 Å².